The number of benzene rings is 1. The Bertz CT molecular complexity index is 831. The zero-order valence-corrected chi connectivity index (χ0v) is 15.8. The molecule has 0 amide bonds. The first-order valence-electron chi connectivity index (χ1n) is 8.48. The lowest BCUT2D eigenvalue weighted by Gasteiger charge is -2.09. The van der Waals surface area contributed by atoms with Crippen LogP contribution in [-0.4, -0.2) is 34.2 Å². The van der Waals surface area contributed by atoms with E-state index in [1.165, 1.54) is 0 Å². The van der Waals surface area contributed by atoms with E-state index in [0.29, 0.717) is 6.61 Å². The van der Waals surface area contributed by atoms with E-state index < -0.39 is 0 Å². The number of halogens is 1. The summed E-state index contributed by atoms with van der Waals surface area (Å²) in [5.74, 6) is 1.73. The number of aliphatic hydroxyl groups excluding tert-OH is 1. The van der Waals surface area contributed by atoms with Crippen LogP contribution in [0.1, 0.15) is 19.8 Å². The van der Waals surface area contributed by atoms with Crippen molar-refractivity contribution < 1.29 is 9.84 Å². The minimum Gasteiger partial charge on any atom is -0.491 e. The number of aromatic nitrogens is 2. The standard InChI is InChI=1S/C19H22BrN3O2/c1-2-3-10-21-19-18(22-17-9-6-15(20)13-23(17)19)14-4-7-16(8-5-14)25-12-11-24/h4-9,13,21,24H,2-3,10-12H2,1H3. The molecular weight excluding hydrogens is 382 g/mol. The molecule has 132 valence electrons. The van der Waals surface area contributed by atoms with E-state index in [1.54, 1.807) is 0 Å². The number of hydrogen-bond donors (Lipinski definition) is 2. The summed E-state index contributed by atoms with van der Waals surface area (Å²) in [7, 11) is 0. The van der Waals surface area contributed by atoms with Gasteiger partial charge in [0.1, 0.15) is 29.5 Å². The molecule has 1 aromatic carbocycles. The molecule has 0 saturated carbocycles. The molecule has 0 aliphatic heterocycles. The highest BCUT2D eigenvalue weighted by Gasteiger charge is 2.14. The second kappa shape index (κ2) is 8.36. The molecule has 25 heavy (non-hydrogen) atoms. The molecule has 0 fully saturated rings. The normalized spacial score (nSPS) is 11.0. The third kappa shape index (κ3) is 4.14. The smallest absolute Gasteiger partial charge is 0.139 e. The average molecular weight is 404 g/mol. The number of unbranched alkanes of at least 4 members (excludes halogenated alkanes) is 1. The fourth-order valence-electron chi connectivity index (χ4n) is 2.65. The van der Waals surface area contributed by atoms with E-state index in [1.807, 2.05) is 42.6 Å². The SMILES string of the molecule is CCCCNc1c(-c2ccc(OCCO)cc2)nc2ccc(Br)cn12. The molecule has 0 aliphatic rings. The largest absolute Gasteiger partial charge is 0.491 e. The highest BCUT2D eigenvalue weighted by atomic mass is 79.9. The van der Waals surface area contributed by atoms with Crippen LogP contribution in [0.15, 0.2) is 47.1 Å². The number of pyridine rings is 1. The Kier molecular flexibility index (Phi) is 5.94. The van der Waals surface area contributed by atoms with Crippen LogP contribution in [-0.2, 0) is 0 Å². The Labute approximate surface area is 155 Å². The Morgan fingerprint density at radius 1 is 1.20 bits per heavy atom. The number of fused-ring (bicyclic) bond motifs is 1. The summed E-state index contributed by atoms with van der Waals surface area (Å²) >= 11 is 3.53. The third-order valence-electron chi connectivity index (χ3n) is 3.89. The summed E-state index contributed by atoms with van der Waals surface area (Å²) in [6, 6.07) is 11.8. The molecule has 0 saturated heterocycles. The van der Waals surface area contributed by atoms with Crippen molar-refractivity contribution in [2.75, 3.05) is 25.1 Å². The number of hydrogen-bond acceptors (Lipinski definition) is 4. The van der Waals surface area contributed by atoms with Gasteiger partial charge in [-0.15, -0.1) is 0 Å². The summed E-state index contributed by atoms with van der Waals surface area (Å²) in [5.41, 5.74) is 2.84. The highest BCUT2D eigenvalue weighted by Crippen LogP contribution is 2.31. The van der Waals surface area contributed by atoms with Gasteiger partial charge in [-0.2, -0.15) is 0 Å². The van der Waals surface area contributed by atoms with Crippen LogP contribution in [0.4, 0.5) is 5.82 Å². The average Bonchev–Trinajstić information content (AvgIpc) is 2.98. The summed E-state index contributed by atoms with van der Waals surface area (Å²) in [4.78, 5) is 4.79. The van der Waals surface area contributed by atoms with Crippen molar-refractivity contribution in [2.45, 2.75) is 19.8 Å². The van der Waals surface area contributed by atoms with E-state index >= 15 is 0 Å². The van der Waals surface area contributed by atoms with E-state index in [2.05, 4.69) is 32.6 Å². The van der Waals surface area contributed by atoms with Crippen LogP contribution in [0.5, 0.6) is 5.75 Å². The fraction of sp³-hybridized carbons (Fsp3) is 0.316. The zero-order valence-electron chi connectivity index (χ0n) is 14.2. The summed E-state index contributed by atoms with van der Waals surface area (Å²) in [6.45, 7) is 3.39. The van der Waals surface area contributed by atoms with E-state index in [-0.39, 0.29) is 6.61 Å². The second-order valence-electron chi connectivity index (χ2n) is 5.76. The van der Waals surface area contributed by atoms with Crippen LogP contribution in [0, 0.1) is 0 Å². The first kappa shape index (κ1) is 17.8. The van der Waals surface area contributed by atoms with E-state index in [0.717, 1.165) is 52.3 Å². The molecule has 0 bridgehead atoms. The van der Waals surface area contributed by atoms with Gasteiger partial charge in [-0.3, -0.25) is 4.40 Å². The highest BCUT2D eigenvalue weighted by molar-refractivity contribution is 9.10. The maximum absolute atomic E-state index is 8.85. The van der Waals surface area contributed by atoms with Gasteiger partial charge in [0.25, 0.3) is 0 Å². The second-order valence-corrected chi connectivity index (χ2v) is 6.68. The van der Waals surface area contributed by atoms with Gasteiger partial charge in [0.2, 0.25) is 0 Å². The topological polar surface area (TPSA) is 58.8 Å². The van der Waals surface area contributed by atoms with Crippen molar-refractivity contribution in [3.8, 4) is 17.0 Å². The Balaban J connectivity index is 1.97. The molecule has 5 nitrogen and oxygen atoms in total. The van der Waals surface area contributed by atoms with Crippen LogP contribution in [0.2, 0.25) is 0 Å². The van der Waals surface area contributed by atoms with Gasteiger partial charge >= 0.3 is 0 Å². The van der Waals surface area contributed by atoms with Crippen molar-refractivity contribution in [3.05, 3.63) is 47.1 Å². The quantitative estimate of drug-likeness (QED) is 0.549. The minimum atomic E-state index is 0.00849. The Morgan fingerprint density at radius 2 is 2.00 bits per heavy atom. The lowest BCUT2D eigenvalue weighted by molar-refractivity contribution is 0.201. The van der Waals surface area contributed by atoms with Crippen molar-refractivity contribution in [3.63, 3.8) is 0 Å². The van der Waals surface area contributed by atoms with Gasteiger partial charge in [-0.1, -0.05) is 13.3 Å². The molecule has 2 heterocycles. The van der Waals surface area contributed by atoms with Crippen molar-refractivity contribution in [2.24, 2.45) is 0 Å². The van der Waals surface area contributed by atoms with Crippen molar-refractivity contribution in [1.82, 2.24) is 9.38 Å². The summed E-state index contributed by atoms with van der Waals surface area (Å²) in [5, 5.41) is 12.4. The Morgan fingerprint density at radius 3 is 2.72 bits per heavy atom. The van der Waals surface area contributed by atoms with Gasteiger partial charge in [-0.05, 0) is 58.7 Å². The molecule has 2 N–H and O–H groups in total. The number of ether oxygens (including phenoxy) is 1. The van der Waals surface area contributed by atoms with Crippen LogP contribution in [0.25, 0.3) is 16.9 Å². The maximum atomic E-state index is 8.85. The molecule has 3 rings (SSSR count). The molecule has 6 heteroatoms. The van der Waals surface area contributed by atoms with Gasteiger partial charge in [0.05, 0.1) is 6.61 Å². The van der Waals surface area contributed by atoms with Gasteiger partial charge in [0.15, 0.2) is 0 Å². The number of anilines is 1. The number of aliphatic hydroxyl groups is 1. The van der Waals surface area contributed by atoms with E-state index in [9.17, 15) is 0 Å². The number of nitrogens with zero attached hydrogens (tertiary/aromatic N) is 2. The molecule has 0 aliphatic carbocycles. The monoisotopic (exact) mass is 403 g/mol. The molecule has 0 spiro atoms. The predicted molar refractivity (Wildman–Crippen MR) is 104 cm³/mol. The fourth-order valence-corrected chi connectivity index (χ4v) is 2.98. The predicted octanol–water partition coefficient (Wildman–Crippen LogP) is 4.35. The lowest BCUT2D eigenvalue weighted by Crippen LogP contribution is -2.05. The van der Waals surface area contributed by atoms with Crippen molar-refractivity contribution >= 4 is 27.4 Å². The first-order valence-corrected chi connectivity index (χ1v) is 9.28. The molecule has 0 radical (unpaired) electrons. The van der Waals surface area contributed by atoms with Crippen LogP contribution < -0.4 is 10.1 Å². The number of imidazole rings is 1. The molecule has 0 unspecified atom stereocenters. The lowest BCUT2D eigenvalue weighted by atomic mass is 10.1. The summed E-state index contributed by atoms with van der Waals surface area (Å²) in [6.07, 6.45) is 4.27. The minimum absolute atomic E-state index is 0.00849. The first-order chi connectivity index (χ1) is 12.2. The number of nitrogens with one attached hydrogen (secondary N) is 1. The molecular formula is C19H22BrN3O2. The van der Waals surface area contributed by atoms with Crippen molar-refractivity contribution in [1.29, 1.82) is 0 Å². The number of rotatable bonds is 8. The van der Waals surface area contributed by atoms with E-state index in [4.69, 9.17) is 14.8 Å². The van der Waals surface area contributed by atoms with Crippen LogP contribution >= 0.6 is 15.9 Å². The maximum Gasteiger partial charge on any atom is 0.139 e. The third-order valence-corrected chi connectivity index (χ3v) is 4.36. The summed E-state index contributed by atoms with van der Waals surface area (Å²) < 4.78 is 8.52. The molecule has 2 aromatic heterocycles. The molecule has 0 atom stereocenters. The molecule has 3 aromatic rings. The van der Waals surface area contributed by atoms with Gasteiger partial charge in [-0.25, -0.2) is 4.98 Å². The Hall–Kier alpha value is -2.05. The van der Waals surface area contributed by atoms with Crippen LogP contribution in [0.3, 0.4) is 0 Å². The van der Waals surface area contributed by atoms with Gasteiger partial charge in [0, 0.05) is 22.8 Å². The van der Waals surface area contributed by atoms with Gasteiger partial charge < -0.3 is 15.2 Å². The zero-order chi connectivity index (χ0) is 17.6.